The van der Waals surface area contributed by atoms with Crippen LogP contribution in [0.15, 0.2) is 42.5 Å². The van der Waals surface area contributed by atoms with Crippen LogP contribution in [0.1, 0.15) is 53.6 Å². The number of amides is 3. The summed E-state index contributed by atoms with van der Waals surface area (Å²) in [6.07, 6.45) is 5.66. The molecule has 150 valence electrons. The Morgan fingerprint density at radius 3 is 2.24 bits per heavy atom. The number of benzene rings is 2. The molecule has 1 saturated carbocycles. The Hall–Kier alpha value is -3.15. The monoisotopic (exact) mass is 391 g/mol. The van der Waals surface area contributed by atoms with Gasteiger partial charge in [-0.05, 0) is 73.6 Å². The van der Waals surface area contributed by atoms with E-state index >= 15 is 0 Å². The Morgan fingerprint density at radius 1 is 0.828 bits per heavy atom. The minimum absolute atomic E-state index is 0.00364. The van der Waals surface area contributed by atoms with Gasteiger partial charge in [0.05, 0.1) is 0 Å². The first-order valence-corrected chi connectivity index (χ1v) is 10.2. The van der Waals surface area contributed by atoms with Crippen molar-refractivity contribution >= 4 is 29.1 Å². The van der Waals surface area contributed by atoms with Crippen molar-refractivity contribution in [2.45, 2.75) is 51.0 Å². The highest BCUT2D eigenvalue weighted by atomic mass is 16.2. The molecule has 2 aliphatic rings. The van der Waals surface area contributed by atoms with Crippen LogP contribution in [0, 0.1) is 0 Å². The van der Waals surface area contributed by atoms with Crippen molar-refractivity contribution < 1.29 is 14.4 Å². The van der Waals surface area contributed by atoms with Gasteiger partial charge in [0.2, 0.25) is 5.91 Å². The summed E-state index contributed by atoms with van der Waals surface area (Å²) >= 11 is 0. The largest absolute Gasteiger partial charge is 0.335 e. The number of aryl methyl sites for hydroxylation is 2. The Balaban J connectivity index is 1.23. The molecule has 2 aromatic carbocycles. The van der Waals surface area contributed by atoms with Gasteiger partial charge in [-0.25, -0.2) is 4.79 Å². The maximum atomic E-state index is 12.4. The first-order valence-electron chi connectivity index (χ1n) is 10.2. The van der Waals surface area contributed by atoms with Crippen molar-refractivity contribution in [1.82, 2.24) is 5.32 Å². The molecule has 0 bridgehead atoms. The summed E-state index contributed by atoms with van der Waals surface area (Å²) in [6, 6.07) is 12.9. The summed E-state index contributed by atoms with van der Waals surface area (Å²) < 4.78 is 0. The van der Waals surface area contributed by atoms with Crippen LogP contribution in [0.25, 0.3) is 0 Å². The summed E-state index contributed by atoms with van der Waals surface area (Å²) in [4.78, 5) is 36.3. The lowest BCUT2D eigenvalue weighted by molar-refractivity contribution is -0.116. The minimum Gasteiger partial charge on any atom is -0.335 e. The second-order valence-electron chi connectivity index (χ2n) is 7.76. The molecular weight excluding hydrogens is 366 g/mol. The van der Waals surface area contributed by atoms with Gasteiger partial charge in [-0.15, -0.1) is 0 Å². The Labute approximate surface area is 170 Å². The molecule has 1 fully saturated rings. The van der Waals surface area contributed by atoms with E-state index in [-0.39, 0.29) is 30.6 Å². The number of nitrogens with one attached hydrogen (secondary N) is 3. The molecule has 0 unspecified atom stereocenters. The summed E-state index contributed by atoms with van der Waals surface area (Å²) in [7, 11) is 0. The molecule has 0 spiro atoms. The van der Waals surface area contributed by atoms with Crippen LogP contribution < -0.4 is 16.0 Å². The zero-order valence-corrected chi connectivity index (χ0v) is 16.3. The van der Waals surface area contributed by atoms with E-state index in [2.05, 4.69) is 16.0 Å². The zero-order valence-electron chi connectivity index (χ0n) is 16.3. The minimum atomic E-state index is -0.214. The van der Waals surface area contributed by atoms with Gasteiger partial charge in [-0.2, -0.15) is 0 Å². The normalized spacial score (nSPS) is 14.8. The predicted molar refractivity (Wildman–Crippen MR) is 112 cm³/mol. The highest BCUT2D eigenvalue weighted by Gasteiger charge is 2.23. The quantitative estimate of drug-likeness (QED) is 0.622. The van der Waals surface area contributed by atoms with Gasteiger partial charge in [0, 0.05) is 35.8 Å². The summed E-state index contributed by atoms with van der Waals surface area (Å²) in [6.45, 7) is 0. The van der Waals surface area contributed by atoms with Crippen molar-refractivity contribution in [3.05, 3.63) is 59.2 Å². The van der Waals surface area contributed by atoms with Gasteiger partial charge in [-0.1, -0.05) is 12.1 Å². The third-order valence-corrected chi connectivity index (χ3v) is 5.34. The Bertz CT molecular complexity index is 933. The fraction of sp³-hybridized carbons (Fsp3) is 0.348. The predicted octanol–water partition coefficient (Wildman–Crippen LogP) is 4.06. The lowest BCUT2D eigenvalue weighted by Gasteiger charge is -2.09. The van der Waals surface area contributed by atoms with Crippen LogP contribution in [0.2, 0.25) is 0 Å². The highest BCUT2D eigenvalue weighted by Crippen LogP contribution is 2.23. The number of hydrogen-bond acceptors (Lipinski definition) is 3. The molecule has 2 aliphatic carbocycles. The first-order chi connectivity index (χ1) is 14.1. The molecule has 0 radical (unpaired) electrons. The third-order valence-electron chi connectivity index (χ3n) is 5.34. The smallest absolute Gasteiger partial charge is 0.319 e. The van der Waals surface area contributed by atoms with E-state index in [1.807, 2.05) is 18.2 Å². The number of carbonyl (C=O) groups is 3. The van der Waals surface area contributed by atoms with Gasteiger partial charge >= 0.3 is 6.03 Å². The highest BCUT2D eigenvalue weighted by molar-refractivity contribution is 6.00. The SMILES string of the molecule is O=C(CCC(=O)c1ccc2c(c1)CCC2)Nc1ccc(NC(=O)NC2CC2)cc1. The number of rotatable bonds is 7. The average Bonchev–Trinajstić information content (AvgIpc) is 3.39. The van der Waals surface area contributed by atoms with Crippen LogP contribution in [-0.4, -0.2) is 23.8 Å². The second-order valence-corrected chi connectivity index (χ2v) is 7.76. The molecule has 0 atom stereocenters. The van der Waals surface area contributed by atoms with E-state index in [1.54, 1.807) is 24.3 Å². The number of ketones is 1. The fourth-order valence-corrected chi connectivity index (χ4v) is 3.56. The summed E-state index contributed by atoms with van der Waals surface area (Å²) in [5, 5.41) is 8.41. The van der Waals surface area contributed by atoms with E-state index in [0.29, 0.717) is 23.0 Å². The van der Waals surface area contributed by atoms with Crippen LogP contribution >= 0.6 is 0 Å². The molecule has 6 nitrogen and oxygen atoms in total. The molecule has 0 saturated heterocycles. The Kier molecular flexibility index (Phi) is 5.60. The molecule has 2 aromatic rings. The van der Waals surface area contributed by atoms with Crippen molar-refractivity contribution in [2.24, 2.45) is 0 Å². The van der Waals surface area contributed by atoms with Gasteiger partial charge < -0.3 is 16.0 Å². The van der Waals surface area contributed by atoms with Crippen LogP contribution in [-0.2, 0) is 17.6 Å². The molecule has 6 heteroatoms. The molecule has 0 aromatic heterocycles. The molecule has 3 N–H and O–H groups in total. The van der Waals surface area contributed by atoms with Crippen molar-refractivity contribution in [2.75, 3.05) is 10.6 Å². The molecule has 3 amide bonds. The zero-order chi connectivity index (χ0) is 20.2. The number of anilines is 2. The first kappa shape index (κ1) is 19.2. The van der Waals surface area contributed by atoms with Crippen molar-refractivity contribution in [3.8, 4) is 0 Å². The van der Waals surface area contributed by atoms with E-state index in [0.717, 1.165) is 32.1 Å². The summed E-state index contributed by atoms with van der Waals surface area (Å²) in [5.41, 5.74) is 4.58. The standard InChI is InChI=1S/C23H25N3O3/c27-21(17-5-4-15-2-1-3-16(15)14-17)12-13-22(28)24-18-6-8-19(9-7-18)25-23(29)26-20-10-11-20/h4-9,14,20H,1-3,10-13H2,(H,24,28)(H2,25,26,29). The van der Waals surface area contributed by atoms with E-state index < -0.39 is 0 Å². The fourth-order valence-electron chi connectivity index (χ4n) is 3.56. The van der Waals surface area contributed by atoms with Crippen molar-refractivity contribution in [1.29, 1.82) is 0 Å². The maximum absolute atomic E-state index is 12.4. The maximum Gasteiger partial charge on any atom is 0.319 e. The lowest BCUT2D eigenvalue weighted by atomic mass is 10.0. The third kappa shape index (κ3) is 5.22. The Morgan fingerprint density at radius 2 is 1.52 bits per heavy atom. The average molecular weight is 391 g/mol. The summed E-state index contributed by atoms with van der Waals surface area (Å²) in [5.74, 6) is -0.206. The number of carbonyl (C=O) groups excluding carboxylic acids is 3. The van der Waals surface area contributed by atoms with E-state index in [1.165, 1.54) is 11.1 Å². The van der Waals surface area contributed by atoms with Crippen molar-refractivity contribution in [3.63, 3.8) is 0 Å². The number of fused-ring (bicyclic) bond motifs is 1. The van der Waals surface area contributed by atoms with Gasteiger partial charge in [0.25, 0.3) is 0 Å². The number of urea groups is 1. The second kappa shape index (κ2) is 8.47. The van der Waals surface area contributed by atoms with Crippen LogP contribution in [0.3, 0.4) is 0 Å². The number of hydrogen-bond donors (Lipinski definition) is 3. The lowest BCUT2D eigenvalue weighted by Crippen LogP contribution is -2.30. The van der Waals surface area contributed by atoms with Crippen LogP contribution in [0.5, 0.6) is 0 Å². The topological polar surface area (TPSA) is 87.3 Å². The number of Topliss-reactive ketones (excluding diaryl/α,β-unsaturated/α-hetero) is 1. The van der Waals surface area contributed by atoms with Crippen LogP contribution in [0.4, 0.5) is 16.2 Å². The van der Waals surface area contributed by atoms with Gasteiger partial charge in [-0.3, -0.25) is 9.59 Å². The molecule has 29 heavy (non-hydrogen) atoms. The molecule has 4 rings (SSSR count). The van der Waals surface area contributed by atoms with E-state index in [9.17, 15) is 14.4 Å². The van der Waals surface area contributed by atoms with Gasteiger partial charge in [0.1, 0.15) is 0 Å². The van der Waals surface area contributed by atoms with Gasteiger partial charge in [0.15, 0.2) is 5.78 Å². The van der Waals surface area contributed by atoms with E-state index in [4.69, 9.17) is 0 Å². The molecular formula is C23H25N3O3. The molecule has 0 heterocycles. The molecule has 0 aliphatic heterocycles.